The van der Waals surface area contributed by atoms with E-state index in [9.17, 15) is 4.79 Å². The average molecular weight is 467 g/mol. The van der Waals surface area contributed by atoms with Crippen LogP contribution in [0.15, 0.2) is 32.6 Å². The largest absolute Gasteiger partial charge is 0.444 e. The smallest absolute Gasteiger partial charge is 0.287 e. The van der Waals surface area contributed by atoms with E-state index in [0.29, 0.717) is 28.8 Å². The van der Waals surface area contributed by atoms with Crippen LogP contribution in [-0.4, -0.2) is 44.5 Å². The number of carbonyl (C=O) groups excluding carboxylic acids is 1. The van der Waals surface area contributed by atoms with E-state index in [1.165, 1.54) is 0 Å². The summed E-state index contributed by atoms with van der Waals surface area (Å²) in [6.45, 7) is 8.09. The highest BCUT2D eigenvalue weighted by Gasteiger charge is 2.14. The lowest BCUT2D eigenvalue weighted by molar-refractivity contribution is 0.0923. The van der Waals surface area contributed by atoms with Crippen LogP contribution in [0.1, 0.15) is 31.3 Å². The van der Waals surface area contributed by atoms with Crippen LogP contribution in [0.3, 0.4) is 0 Å². The molecule has 0 fully saturated rings. The molecule has 0 atom stereocenters. The zero-order valence-corrected chi connectivity index (χ0v) is 18.4. The number of amides is 1. The lowest BCUT2D eigenvalue weighted by atomic mass is 10.2. The molecular weight excluding hydrogens is 444 g/mol. The summed E-state index contributed by atoms with van der Waals surface area (Å²) in [6, 6.07) is 3.31. The van der Waals surface area contributed by atoms with Crippen LogP contribution < -0.4 is 10.6 Å². The van der Waals surface area contributed by atoms with Crippen LogP contribution in [0.25, 0.3) is 11.0 Å². The van der Waals surface area contributed by atoms with Gasteiger partial charge in [-0.05, 0) is 39.7 Å². The Morgan fingerprint density at radius 2 is 2.18 bits per heavy atom. The summed E-state index contributed by atoms with van der Waals surface area (Å²) in [5.74, 6) is 2.18. The van der Waals surface area contributed by atoms with Crippen molar-refractivity contribution in [3.05, 3.63) is 28.8 Å². The molecule has 0 aliphatic carbocycles. The number of anilines is 1. The van der Waals surface area contributed by atoms with E-state index in [1.54, 1.807) is 34.8 Å². The number of rotatable bonds is 9. The monoisotopic (exact) mass is 466 g/mol. The predicted octanol–water partition coefficient (Wildman–Crippen LogP) is 3.79. The summed E-state index contributed by atoms with van der Waals surface area (Å²) in [5, 5.41) is 12.3. The topological polar surface area (TPSA) is 97.9 Å². The summed E-state index contributed by atoms with van der Waals surface area (Å²) in [5.41, 5.74) is 0.757. The lowest BCUT2D eigenvalue weighted by Crippen LogP contribution is -2.27. The van der Waals surface area contributed by atoms with E-state index in [2.05, 4.69) is 62.4 Å². The van der Waals surface area contributed by atoms with Gasteiger partial charge in [-0.1, -0.05) is 32.5 Å². The van der Waals surface area contributed by atoms with Gasteiger partial charge in [-0.25, -0.2) is 14.6 Å². The maximum absolute atomic E-state index is 12.1. The van der Waals surface area contributed by atoms with Crippen molar-refractivity contribution in [3.63, 3.8) is 0 Å². The fourth-order valence-corrected chi connectivity index (χ4v) is 3.40. The van der Waals surface area contributed by atoms with Crippen molar-refractivity contribution in [2.45, 2.75) is 32.5 Å². The number of aromatic nitrogens is 4. The Morgan fingerprint density at radius 1 is 1.36 bits per heavy atom. The predicted molar refractivity (Wildman–Crippen MR) is 114 cm³/mol. The van der Waals surface area contributed by atoms with Crippen molar-refractivity contribution >= 4 is 50.5 Å². The number of hydrogen-bond acceptors (Lipinski definition) is 7. The standard InChI is InChI=1S/C18H23BrN6O2S/c1-4-28-18-23-15(21-9-11(2)3)12-10-22-25(16(12)24-18)8-7-20-17(26)13-5-6-14(19)27-13/h5-6,10-11H,4,7-9H2,1-3H3,(H,20,26)(H,21,23,24). The Morgan fingerprint density at radius 3 is 2.86 bits per heavy atom. The summed E-state index contributed by atoms with van der Waals surface area (Å²) in [6.07, 6.45) is 1.77. The van der Waals surface area contributed by atoms with Crippen LogP contribution in [0.2, 0.25) is 0 Å². The first-order chi connectivity index (χ1) is 13.5. The summed E-state index contributed by atoms with van der Waals surface area (Å²) in [7, 11) is 0. The Kier molecular flexibility index (Phi) is 6.95. The molecule has 0 unspecified atom stereocenters. The summed E-state index contributed by atoms with van der Waals surface area (Å²) < 4.78 is 7.57. The first kappa shape index (κ1) is 20.7. The molecule has 0 saturated carbocycles. The molecule has 3 aromatic rings. The van der Waals surface area contributed by atoms with Crippen molar-refractivity contribution in [2.75, 3.05) is 24.2 Å². The quantitative estimate of drug-likeness (QED) is 0.365. The van der Waals surface area contributed by atoms with Crippen LogP contribution in [0.5, 0.6) is 0 Å². The van der Waals surface area contributed by atoms with Crippen LogP contribution >= 0.6 is 27.7 Å². The van der Waals surface area contributed by atoms with Crippen molar-refractivity contribution in [2.24, 2.45) is 5.92 Å². The molecule has 10 heteroatoms. The first-order valence-electron chi connectivity index (χ1n) is 9.11. The highest BCUT2D eigenvalue weighted by molar-refractivity contribution is 9.10. The second kappa shape index (κ2) is 9.42. The second-order valence-electron chi connectivity index (χ2n) is 6.53. The molecule has 28 heavy (non-hydrogen) atoms. The number of furan rings is 1. The van der Waals surface area contributed by atoms with E-state index < -0.39 is 0 Å². The Bertz CT molecular complexity index is 955. The van der Waals surface area contributed by atoms with Gasteiger partial charge in [-0.2, -0.15) is 5.10 Å². The van der Waals surface area contributed by atoms with Crippen LogP contribution in [-0.2, 0) is 6.54 Å². The van der Waals surface area contributed by atoms with Gasteiger partial charge in [-0.3, -0.25) is 4.79 Å². The van der Waals surface area contributed by atoms with Gasteiger partial charge in [0.05, 0.1) is 18.1 Å². The molecule has 2 N–H and O–H groups in total. The van der Waals surface area contributed by atoms with Gasteiger partial charge in [0.1, 0.15) is 5.82 Å². The molecule has 0 spiro atoms. The number of carbonyl (C=O) groups is 1. The molecule has 0 radical (unpaired) electrons. The molecule has 0 aromatic carbocycles. The fraction of sp³-hybridized carbons (Fsp3) is 0.444. The van der Waals surface area contributed by atoms with Crippen molar-refractivity contribution in [1.29, 1.82) is 0 Å². The molecule has 3 rings (SSSR count). The first-order valence-corrected chi connectivity index (χ1v) is 10.9. The summed E-state index contributed by atoms with van der Waals surface area (Å²) >= 11 is 4.78. The van der Waals surface area contributed by atoms with Gasteiger partial charge in [0.2, 0.25) is 0 Å². The lowest BCUT2D eigenvalue weighted by Gasteiger charge is -2.11. The van der Waals surface area contributed by atoms with E-state index in [1.807, 2.05) is 0 Å². The minimum atomic E-state index is -0.265. The maximum Gasteiger partial charge on any atom is 0.287 e. The van der Waals surface area contributed by atoms with Gasteiger partial charge >= 0.3 is 0 Å². The molecule has 3 heterocycles. The normalized spacial score (nSPS) is 11.3. The molecule has 0 aliphatic rings. The molecule has 8 nitrogen and oxygen atoms in total. The molecule has 0 bridgehead atoms. The highest BCUT2D eigenvalue weighted by Crippen LogP contribution is 2.24. The number of fused-ring (bicyclic) bond motifs is 1. The maximum atomic E-state index is 12.1. The fourth-order valence-electron chi connectivity index (χ4n) is 2.53. The van der Waals surface area contributed by atoms with Gasteiger partial charge in [0.25, 0.3) is 5.91 Å². The van der Waals surface area contributed by atoms with Crippen molar-refractivity contribution < 1.29 is 9.21 Å². The number of nitrogens with zero attached hydrogens (tertiary/aromatic N) is 4. The Labute approximate surface area is 176 Å². The van der Waals surface area contributed by atoms with E-state index >= 15 is 0 Å². The minimum absolute atomic E-state index is 0.265. The van der Waals surface area contributed by atoms with Gasteiger partial charge in [0.15, 0.2) is 21.2 Å². The van der Waals surface area contributed by atoms with Crippen molar-refractivity contribution in [1.82, 2.24) is 25.1 Å². The third-order valence-corrected chi connectivity index (χ3v) is 4.99. The third kappa shape index (κ3) is 5.05. The minimum Gasteiger partial charge on any atom is -0.444 e. The van der Waals surface area contributed by atoms with E-state index in [-0.39, 0.29) is 11.7 Å². The van der Waals surface area contributed by atoms with E-state index in [4.69, 9.17) is 4.42 Å². The SMILES string of the molecule is CCSc1nc(NCC(C)C)c2cnn(CCNC(=O)c3ccc(Br)o3)c2n1. The highest BCUT2D eigenvalue weighted by atomic mass is 79.9. The number of thioether (sulfide) groups is 1. The number of halogens is 1. The number of nitrogens with one attached hydrogen (secondary N) is 2. The summed E-state index contributed by atoms with van der Waals surface area (Å²) in [4.78, 5) is 21.4. The Balaban J connectivity index is 1.74. The van der Waals surface area contributed by atoms with Crippen LogP contribution in [0.4, 0.5) is 5.82 Å². The van der Waals surface area contributed by atoms with E-state index in [0.717, 1.165) is 29.1 Å². The zero-order valence-electron chi connectivity index (χ0n) is 16.0. The van der Waals surface area contributed by atoms with Gasteiger partial charge < -0.3 is 15.1 Å². The molecule has 0 saturated heterocycles. The van der Waals surface area contributed by atoms with Crippen molar-refractivity contribution in [3.8, 4) is 0 Å². The molecule has 150 valence electrons. The molecule has 1 amide bonds. The molecule has 3 aromatic heterocycles. The molecule has 0 aliphatic heterocycles. The van der Waals surface area contributed by atoms with Gasteiger partial charge in [-0.15, -0.1) is 0 Å². The zero-order chi connectivity index (χ0) is 20.1. The number of hydrogen-bond donors (Lipinski definition) is 2. The average Bonchev–Trinajstić information content (AvgIpc) is 3.26. The van der Waals surface area contributed by atoms with Crippen LogP contribution in [0, 0.1) is 5.92 Å². The second-order valence-corrected chi connectivity index (χ2v) is 8.54. The third-order valence-electron chi connectivity index (χ3n) is 3.83. The molecular formula is C18H23BrN6O2S. The Hall–Kier alpha value is -2.07. The van der Waals surface area contributed by atoms with Gasteiger partial charge in [0, 0.05) is 13.1 Å².